The number of thiophene rings is 1. The normalized spacial score (nSPS) is 21.4. The van der Waals surface area contributed by atoms with Gasteiger partial charge in [0, 0.05) is 17.5 Å². The van der Waals surface area contributed by atoms with Crippen LogP contribution in [0.1, 0.15) is 29.7 Å². The zero-order chi connectivity index (χ0) is 9.80. The van der Waals surface area contributed by atoms with Crippen LogP contribution in [0, 0.1) is 6.92 Å². The van der Waals surface area contributed by atoms with Crippen molar-refractivity contribution in [3.8, 4) is 0 Å². The summed E-state index contributed by atoms with van der Waals surface area (Å²) < 4.78 is 0. The Kier molecular flexibility index (Phi) is 3.38. The molecule has 0 spiro atoms. The van der Waals surface area contributed by atoms with Crippen LogP contribution in [-0.2, 0) is 6.54 Å². The maximum Gasteiger partial charge on any atom is 0.0305 e. The number of aryl methyl sites for hydroxylation is 1. The van der Waals surface area contributed by atoms with E-state index in [0.717, 1.165) is 6.54 Å². The Morgan fingerprint density at radius 2 is 2.50 bits per heavy atom. The molecule has 1 unspecified atom stereocenters. The number of allylic oxidation sites excluding steroid dienone is 1. The minimum atomic E-state index is 0.603. The lowest BCUT2D eigenvalue weighted by molar-refractivity contribution is 0.525. The molecule has 1 aromatic heterocycles. The van der Waals surface area contributed by atoms with Crippen molar-refractivity contribution in [2.45, 2.75) is 38.8 Å². The molecule has 0 aliphatic heterocycles. The summed E-state index contributed by atoms with van der Waals surface area (Å²) in [5.41, 5.74) is 1.38. The smallest absolute Gasteiger partial charge is 0.0305 e. The Balaban J connectivity index is 1.82. The fourth-order valence-electron chi connectivity index (χ4n) is 1.80. The first-order valence-electron chi connectivity index (χ1n) is 5.28. The maximum atomic E-state index is 3.57. The second-order valence-corrected chi connectivity index (χ2v) is 4.93. The van der Waals surface area contributed by atoms with E-state index in [1.807, 2.05) is 11.3 Å². The summed E-state index contributed by atoms with van der Waals surface area (Å²) >= 11 is 1.85. The van der Waals surface area contributed by atoms with Gasteiger partial charge in [0.15, 0.2) is 0 Å². The molecule has 1 nitrogen and oxygen atoms in total. The van der Waals surface area contributed by atoms with Crippen molar-refractivity contribution in [3.63, 3.8) is 0 Å². The molecule has 2 heteroatoms. The molecule has 1 aliphatic carbocycles. The third kappa shape index (κ3) is 2.69. The summed E-state index contributed by atoms with van der Waals surface area (Å²) in [4.78, 5) is 1.45. The highest BCUT2D eigenvalue weighted by Gasteiger charge is 2.07. The van der Waals surface area contributed by atoms with Crippen LogP contribution < -0.4 is 5.32 Å². The summed E-state index contributed by atoms with van der Waals surface area (Å²) in [6, 6.07) is 2.87. The average Bonchev–Trinajstić information content (AvgIpc) is 2.63. The first-order chi connectivity index (χ1) is 6.84. The quantitative estimate of drug-likeness (QED) is 0.750. The summed E-state index contributed by atoms with van der Waals surface area (Å²) in [7, 11) is 0. The molecule has 76 valence electrons. The highest BCUT2D eigenvalue weighted by molar-refractivity contribution is 7.10. The number of rotatable bonds is 3. The molecule has 0 amide bonds. The Bertz CT molecular complexity index is 314. The molecule has 0 saturated heterocycles. The second kappa shape index (κ2) is 4.76. The highest BCUT2D eigenvalue weighted by Crippen LogP contribution is 2.15. The van der Waals surface area contributed by atoms with Gasteiger partial charge in [0.25, 0.3) is 0 Å². The predicted octanol–water partition coefficient (Wildman–Crippen LogP) is 3.25. The molecular formula is C12H17NS. The summed E-state index contributed by atoms with van der Waals surface area (Å²) in [6.45, 7) is 3.17. The average molecular weight is 207 g/mol. The lowest BCUT2D eigenvalue weighted by Crippen LogP contribution is -2.27. The number of nitrogens with one attached hydrogen (secondary N) is 1. The Morgan fingerprint density at radius 3 is 3.14 bits per heavy atom. The monoisotopic (exact) mass is 207 g/mol. The van der Waals surface area contributed by atoms with Crippen LogP contribution in [0.15, 0.2) is 23.6 Å². The van der Waals surface area contributed by atoms with Gasteiger partial charge in [-0.25, -0.2) is 0 Å². The number of hydrogen-bond acceptors (Lipinski definition) is 2. The van der Waals surface area contributed by atoms with Gasteiger partial charge >= 0.3 is 0 Å². The van der Waals surface area contributed by atoms with Crippen LogP contribution in [0.25, 0.3) is 0 Å². The van der Waals surface area contributed by atoms with Gasteiger partial charge in [0.05, 0.1) is 0 Å². The van der Waals surface area contributed by atoms with Gasteiger partial charge in [-0.1, -0.05) is 12.2 Å². The van der Waals surface area contributed by atoms with Gasteiger partial charge in [-0.15, -0.1) is 11.3 Å². The van der Waals surface area contributed by atoms with Gasteiger partial charge in [-0.3, -0.25) is 0 Å². The zero-order valence-corrected chi connectivity index (χ0v) is 9.44. The molecule has 14 heavy (non-hydrogen) atoms. The molecule has 1 aromatic rings. The largest absolute Gasteiger partial charge is 0.306 e. The molecule has 0 fully saturated rings. The van der Waals surface area contributed by atoms with E-state index in [4.69, 9.17) is 0 Å². The first-order valence-corrected chi connectivity index (χ1v) is 6.16. The van der Waals surface area contributed by atoms with Crippen molar-refractivity contribution in [3.05, 3.63) is 34.0 Å². The van der Waals surface area contributed by atoms with Crippen LogP contribution >= 0.6 is 11.3 Å². The number of hydrogen-bond donors (Lipinski definition) is 1. The van der Waals surface area contributed by atoms with Gasteiger partial charge in [0.1, 0.15) is 0 Å². The van der Waals surface area contributed by atoms with E-state index < -0.39 is 0 Å². The molecule has 0 saturated carbocycles. The lowest BCUT2D eigenvalue weighted by atomic mass is 10.0. The fraction of sp³-hybridized carbons (Fsp3) is 0.500. The van der Waals surface area contributed by atoms with Crippen molar-refractivity contribution in [2.24, 2.45) is 0 Å². The zero-order valence-electron chi connectivity index (χ0n) is 8.62. The predicted molar refractivity (Wildman–Crippen MR) is 62.7 cm³/mol. The van der Waals surface area contributed by atoms with Gasteiger partial charge in [0.2, 0.25) is 0 Å². The Morgan fingerprint density at radius 1 is 1.57 bits per heavy atom. The highest BCUT2D eigenvalue weighted by atomic mass is 32.1. The van der Waals surface area contributed by atoms with Gasteiger partial charge < -0.3 is 5.32 Å². The van der Waals surface area contributed by atoms with Crippen molar-refractivity contribution >= 4 is 11.3 Å². The molecule has 1 N–H and O–H groups in total. The third-order valence-corrected chi connectivity index (χ3v) is 3.63. The van der Waals surface area contributed by atoms with Crippen molar-refractivity contribution < 1.29 is 0 Å². The summed E-state index contributed by atoms with van der Waals surface area (Å²) in [5.74, 6) is 0. The van der Waals surface area contributed by atoms with Crippen LogP contribution in [0.3, 0.4) is 0 Å². The fourth-order valence-corrected chi connectivity index (χ4v) is 2.62. The van der Waals surface area contributed by atoms with Crippen LogP contribution in [0.2, 0.25) is 0 Å². The van der Waals surface area contributed by atoms with Crippen LogP contribution in [-0.4, -0.2) is 6.04 Å². The van der Waals surface area contributed by atoms with E-state index in [9.17, 15) is 0 Å². The van der Waals surface area contributed by atoms with E-state index in [-0.39, 0.29) is 0 Å². The molecule has 0 bridgehead atoms. The second-order valence-electron chi connectivity index (χ2n) is 3.94. The summed E-state index contributed by atoms with van der Waals surface area (Å²) in [6.07, 6.45) is 8.49. The minimum absolute atomic E-state index is 0.603. The molecule has 1 atom stereocenters. The summed E-state index contributed by atoms with van der Waals surface area (Å²) in [5, 5.41) is 5.79. The Labute approximate surface area is 89.8 Å². The molecule has 2 rings (SSSR count). The van der Waals surface area contributed by atoms with E-state index in [1.54, 1.807) is 0 Å². The van der Waals surface area contributed by atoms with Crippen molar-refractivity contribution in [1.29, 1.82) is 0 Å². The SMILES string of the molecule is Cc1csc(CNC2C=CCCC2)c1. The first kappa shape index (κ1) is 9.94. The molecular weight excluding hydrogens is 190 g/mol. The lowest BCUT2D eigenvalue weighted by Gasteiger charge is -2.17. The standard InChI is InChI=1S/C12H17NS/c1-10-7-12(14-9-10)8-13-11-5-3-2-4-6-11/h3,5,7,9,11,13H,2,4,6,8H2,1H3. The van der Waals surface area contributed by atoms with Crippen LogP contribution in [0.4, 0.5) is 0 Å². The Hall–Kier alpha value is -0.600. The molecule has 0 radical (unpaired) electrons. The van der Waals surface area contributed by atoms with E-state index in [1.165, 1.54) is 29.7 Å². The van der Waals surface area contributed by atoms with E-state index >= 15 is 0 Å². The molecule has 0 aromatic carbocycles. The van der Waals surface area contributed by atoms with E-state index in [0.29, 0.717) is 6.04 Å². The van der Waals surface area contributed by atoms with E-state index in [2.05, 4.69) is 35.8 Å². The molecule has 1 heterocycles. The third-order valence-electron chi connectivity index (χ3n) is 2.58. The van der Waals surface area contributed by atoms with Gasteiger partial charge in [-0.05, 0) is 43.2 Å². The minimum Gasteiger partial charge on any atom is -0.306 e. The van der Waals surface area contributed by atoms with Crippen molar-refractivity contribution in [1.82, 2.24) is 5.32 Å². The van der Waals surface area contributed by atoms with Crippen LogP contribution in [0.5, 0.6) is 0 Å². The maximum absolute atomic E-state index is 3.57. The van der Waals surface area contributed by atoms with Crippen molar-refractivity contribution in [2.75, 3.05) is 0 Å². The topological polar surface area (TPSA) is 12.0 Å². The molecule has 1 aliphatic rings. The van der Waals surface area contributed by atoms with Gasteiger partial charge in [-0.2, -0.15) is 0 Å².